The number of carbonyl (C=O) groups is 1. The van der Waals surface area contributed by atoms with E-state index in [0.717, 1.165) is 18.6 Å². The van der Waals surface area contributed by atoms with Crippen LogP contribution in [0.3, 0.4) is 0 Å². The lowest BCUT2D eigenvalue weighted by atomic mass is 10.1. The van der Waals surface area contributed by atoms with Crippen LogP contribution in [0, 0.1) is 0 Å². The van der Waals surface area contributed by atoms with E-state index in [-0.39, 0.29) is 5.95 Å². The Morgan fingerprint density at radius 2 is 1.84 bits per heavy atom. The van der Waals surface area contributed by atoms with E-state index in [1.165, 1.54) is 46.3 Å². The summed E-state index contributed by atoms with van der Waals surface area (Å²) in [5.41, 5.74) is 0.367. The molecule has 0 saturated carbocycles. The van der Waals surface area contributed by atoms with Crippen LogP contribution in [0.5, 0.6) is 5.95 Å². The second-order valence-electron chi connectivity index (χ2n) is 4.63. The Bertz CT molecular complexity index is 381. The molecule has 108 valence electrons. The topological polar surface area (TPSA) is 48.7 Å². The Morgan fingerprint density at radius 1 is 1.16 bits per heavy atom. The van der Waals surface area contributed by atoms with Crippen LogP contribution in [0.2, 0.25) is 0 Å². The minimum absolute atomic E-state index is 0.243. The Balaban J connectivity index is 2.42. The third-order valence-electron chi connectivity index (χ3n) is 3.12. The highest BCUT2D eigenvalue weighted by Gasteiger charge is 2.19. The number of ether oxygens (including phenoxy) is 2. The molecule has 0 aliphatic rings. The maximum atomic E-state index is 11.5. The van der Waals surface area contributed by atoms with Crippen LogP contribution in [-0.2, 0) is 11.2 Å². The molecule has 1 rings (SSSR count). The van der Waals surface area contributed by atoms with Crippen molar-refractivity contribution >= 4 is 5.97 Å². The largest absolute Gasteiger partial charge is 0.468 e. The van der Waals surface area contributed by atoms with E-state index < -0.39 is 5.97 Å². The van der Waals surface area contributed by atoms with Gasteiger partial charge in [0.15, 0.2) is 0 Å². The van der Waals surface area contributed by atoms with Crippen LogP contribution in [0.1, 0.15) is 61.6 Å². The van der Waals surface area contributed by atoms with Gasteiger partial charge in [0.05, 0.1) is 14.2 Å². The summed E-state index contributed by atoms with van der Waals surface area (Å²) in [5.74, 6) is 0.607. The first-order valence-electron chi connectivity index (χ1n) is 6.98. The Morgan fingerprint density at radius 3 is 2.47 bits per heavy atom. The number of aryl methyl sites for hydroxylation is 1. The molecule has 1 aromatic rings. The van der Waals surface area contributed by atoms with Gasteiger partial charge in [-0.1, -0.05) is 39.0 Å². The van der Waals surface area contributed by atoms with Gasteiger partial charge >= 0.3 is 5.97 Å². The lowest BCUT2D eigenvalue weighted by Gasteiger charge is -1.99. The summed E-state index contributed by atoms with van der Waals surface area (Å²) in [6.45, 7) is 2.21. The first-order valence-corrected chi connectivity index (χ1v) is 6.98. The fraction of sp³-hybridized carbons (Fsp3) is 0.667. The van der Waals surface area contributed by atoms with Gasteiger partial charge in [-0.25, -0.2) is 4.79 Å². The summed E-state index contributed by atoms with van der Waals surface area (Å²) >= 11 is 0. The quantitative estimate of drug-likeness (QED) is 0.502. The normalized spacial score (nSPS) is 10.5. The molecule has 0 bridgehead atoms. The van der Waals surface area contributed by atoms with Crippen molar-refractivity contribution in [2.45, 2.75) is 51.9 Å². The Hall–Kier alpha value is -1.45. The van der Waals surface area contributed by atoms with E-state index in [9.17, 15) is 4.79 Å². The number of rotatable bonds is 9. The first-order chi connectivity index (χ1) is 9.22. The molecular formula is C15H24O4. The van der Waals surface area contributed by atoms with E-state index in [2.05, 4.69) is 11.7 Å². The number of carbonyl (C=O) groups excluding carboxylic acids is 1. The van der Waals surface area contributed by atoms with Crippen molar-refractivity contribution in [2.24, 2.45) is 0 Å². The summed E-state index contributed by atoms with van der Waals surface area (Å²) in [6, 6.07) is 1.72. The zero-order valence-electron chi connectivity index (χ0n) is 12.2. The number of esters is 1. The van der Waals surface area contributed by atoms with Crippen molar-refractivity contribution < 1.29 is 18.7 Å². The molecule has 19 heavy (non-hydrogen) atoms. The highest BCUT2D eigenvalue weighted by atomic mass is 16.6. The molecule has 1 heterocycles. The van der Waals surface area contributed by atoms with Gasteiger partial charge < -0.3 is 13.9 Å². The summed E-state index contributed by atoms with van der Waals surface area (Å²) in [6.07, 6.45) is 8.22. The average molecular weight is 268 g/mol. The van der Waals surface area contributed by atoms with Crippen LogP contribution >= 0.6 is 0 Å². The van der Waals surface area contributed by atoms with Crippen molar-refractivity contribution in [1.82, 2.24) is 0 Å². The first kappa shape index (κ1) is 15.6. The zero-order valence-corrected chi connectivity index (χ0v) is 12.2. The molecule has 0 radical (unpaired) electrons. The number of hydrogen-bond acceptors (Lipinski definition) is 4. The van der Waals surface area contributed by atoms with Crippen LogP contribution in [0.25, 0.3) is 0 Å². The van der Waals surface area contributed by atoms with E-state index in [0.29, 0.717) is 5.56 Å². The van der Waals surface area contributed by atoms with Gasteiger partial charge in [-0.3, -0.25) is 0 Å². The lowest BCUT2D eigenvalue weighted by Crippen LogP contribution is -2.01. The molecule has 0 aliphatic heterocycles. The second-order valence-corrected chi connectivity index (χ2v) is 4.63. The SMILES string of the molecule is CCCCCCCCc1cc(C(=O)OC)c(OC)o1. The average Bonchev–Trinajstić information content (AvgIpc) is 2.85. The molecule has 0 aliphatic carbocycles. The molecule has 0 amide bonds. The van der Waals surface area contributed by atoms with E-state index >= 15 is 0 Å². The fourth-order valence-electron chi connectivity index (χ4n) is 2.03. The molecule has 0 N–H and O–H groups in total. The fourth-order valence-corrected chi connectivity index (χ4v) is 2.03. The molecule has 0 saturated heterocycles. The van der Waals surface area contributed by atoms with Gasteiger partial charge in [-0.2, -0.15) is 0 Å². The molecule has 0 spiro atoms. The summed E-state index contributed by atoms with van der Waals surface area (Å²) in [7, 11) is 2.84. The molecule has 0 unspecified atom stereocenters. The van der Waals surface area contributed by atoms with E-state index in [4.69, 9.17) is 9.15 Å². The van der Waals surface area contributed by atoms with Crippen molar-refractivity contribution in [3.8, 4) is 5.95 Å². The predicted molar refractivity (Wildman–Crippen MR) is 73.7 cm³/mol. The highest BCUT2D eigenvalue weighted by Crippen LogP contribution is 2.25. The molecule has 4 heteroatoms. The van der Waals surface area contributed by atoms with Gasteiger partial charge in [0.1, 0.15) is 11.3 Å². The third-order valence-corrected chi connectivity index (χ3v) is 3.12. The highest BCUT2D eigenvalue weighted by molar-refractivity contribution is 5.91. The summed E-state index contributed by atoms with van der Waals surface area (Å²) in [5, 5.41) is 0. The van der Waals surface area contributed by atoms with Gasteiger partial charge in [-0.05, 0) is 12.5 Å². The van der Waals surface area contributed by atoms with Crippen molar-refractivity contribution in [2.75, 3.05) is 14.2 Å². The number of unbranched alkanes of at least 4 members (excludes halogenated alkanes) is 5. The predicted octanol–water partition coefficient (Wildman–Crippen LogP) is 3.98. The second kappa shape index (κ2) is 8.62. The van der Waals surface area contributed by atoms with Crippen molar-refractivity contribution in [1.29, 1.82) is 0 Å². The third kappa shape index (κ3) is 4.97. The smallest absolute Gasteiger partial charge is 0.345 e. The maximum Gasteiger partial charge on any atom is 0.345 e. The van der Waals surface area contributed by atoms with Crippen LogP contribution < -0.4 is 4.74 Å². The molecule has 0 fully saturated rings. The maximum absolute atomic E-state index is 11.5. The molecule has 0 atom stereocenters. The minimum atomic E-state index is -0.421. The van der Waals surface area contributed by atoms with E-state index in [1.807, 2.05) is 0 Å². The Kier molecular flexibility index (Phi) is 7.08. The van der Waals surface area contributed by atoms with Gasteiger partial charge in [0, 0.05) is 6.42 Å². The molecule has 0 aromatic carbocycles. The summed E-state index contributed by atoms with van der Waals surface area (Å²) in [4.78, 5) is 11.5. The van der Waals surface area contributed by atoms with E-state index in [1.54, 1.807) is 6.07 Å². The number of hydrogen-bond donors (Lipinski definition) is 0. The lowest BCUT2D eigenvalue weighted by molar-refractivity contribution is 0.0594. The van der Waals surface area contributed by atoms with Crippen LogP contribution in [-0.4, -0.2) is 20.2 Å². The van der Waals surface area contributed by atoms with Crippen molar-refractivity contribution in [3.63, 3.8) is 0 Å². The Labute approximate surface area is 115 Å². The molecular weight excluding hydrogens is 244 g/mol. The van der Waals surface area contributed by atoms with Gasteiger partial charge in [0.2, 0.25) is 0 Å². The molecule has 4 nitrogen and oxygen atoms in total. The van der Waals surface area contributed by atoms with Gasteiger partial charge in [-0.15, -0.1) is 0 Å². The van der Waals surface area contributed by atoms with Crippen LogP contribution in [0.4, 0.5) is 0 Å². The summed E-state index contributed by atoms with van der Waals surface area (Å²) < 4.78 is 15.2. The van der Waals surface area contributed by atoms with Crippen LogP contribution in [0.15, 0.2) is 10.5 Å². The minimum Gasteiger partial charge on any atom is -0.468 e. The van der Waals surface area contributed by atoms with Gasteiger partial charge in [0.25, 0.3) is 5.95 Å². The number of furan rings is 1. The van der Waals surface area contributed by atoms with Crippen molar-refractivity contribution in [3.05, 3.63) is 17.4 Å². The standard InChI is InChI=1S/C15H24O4/c1-4-5-6-7-8-9-10-12-11-13(14(16)17-2)15(18-3)19-12/h11H,4-10H2,1-3H3. The zero-order chi connectivity index (χ0) is 14.1. The monoisotopic (exact) mass is 268 g/mol. The molecule has 1 aromatic heterocycles. The number of methoxy groups -OCH3 is 2.